The first kappa shape index (κ1) is 13.6. The third-order valence-electron chi connectivity index (χ3n) is 2.41. The van der Waals surface area contributed by atoms with Crippen LogP contribution >= 0.6 is 57.1 Å². The van der Waals surface area contributed by atoms with E-state index in [9.17, 15) is 5.11 Å². The number of hydrogen-bond donors (Lipinski definition) is 1. The lowest BCUT2D eigenvalue weighted by atomic mass is 10.1. The van der Waals surface area contributed by atoms with E-state index in [-0.39, 0.29) is 0 Å². The molecule has 90 valence electrons. The van der Waals surface area contributed by atoms with E-state index in [4.69, 9.17) is 23.2 Å². The van der Waals surface area contributed by atoms with Crippen LogP contribution in [-0.2, 0) is 0 Å². The molecule has 0 amide bonds. The lowest BCUT2D eigenvalue weighted by Crippen LogP contribution is -1.97. The summed E-state index contributed by atoms with van der Waals surface area (Å²) in [6, 6.07) is 7.46. The van der Waals surface area contributed by atoms with Gasteiger partial charge in [0.2, 0.25) is 0 Å². The third kappa shape index (κ3) is 2.96. The minimum Gasteiger partial charge on any atom is -0.383 e. The van der Waals surface area contributed by atoms with Gasteiger partial charge in [-0.15, -0.1) is 11.3 Å². The fourth-order valence-corrected chi connectivity index (χ4v) is 3.22. The molecule has 1 atom stereocenters. The number of aliphatic hydroxyl groups excluding tert-OH is 1. The van der Waals surface area contributed by atoms with Crippen LogP contribution in [-0.4, -0.2) is 5.11 Å². The molecule has 1 aromatic carbocycles. The third-order valence-corrected chi connectivity index (χ3v) is 5.58. The van der Waals surface area contributed by atoms with Crippen molar-refractivity contribution >= 4 is 57.1 Å². The Balaban J connectivity index is 2.36. The normalized spacial score (nSPS) is 12.8. The summed E-state index contributed by atoms with van der Waals surface area (Å²) in [5.74, 6) is 0. The number of thiophene rings is 1. The second-order valence-corrected chi connectivity index (χ2v) is 6.94. The Labute approximate surface area is 128 Å². The Hall–Kier alpha value is 0.190. The van der Waals surface area contributed by atoms with Gasteiger partial charge in [-0.25, -0.2) is 0 Å². The molecule has 0 radical (unpaired) electrons. The van der Waals surface area contributed by atoms with Crippen LogP contribution < -0.4 is 0 Å². The van der Waals surface area contributed by atoms with Crippen molar-refractivity contribution in [2.24, 2.45) is 0 Å². The van der Waals surface area contributed by atoms with Crippen molar-refractivity contribution in [1.82, 2.24) is 0 Å². The van der Waals surface area contributed by atoms with Gasteiger partial charge >= 0.3 is 0 Å². The predicted octanol–water partition coefficient (Wildman–Crippen LogP) is 5.05. The van der Waals surface area contributed by atoms with Crippen molar-refractivity contribution in [2.75, 3.05) is 0 Å². The van der Waals surface area contributed by atoms with Crippen LogP contribution in [0.3, 0.4) is 0 Å². The zero-order valence-electron chi connectivity index (χ0n) is 8.88. The summed E-state index contributed by atoms with van der Waals surface area (Å²) in [6.45, 7) is 1.93. The molecule has 0 aliphatic carbocycles. The van der Waals surface area contributed by atoms with Crippen LogP contribution in [0.1, 0.15) is 22.1 Å². The van der Waals surface area contributed by atoms with Crippen molar-refractivity contribution in [3.63, 3.8) is 0 Å². The molecule has 0 aliphatic rings. The maximum Gasteiger partial charge on any atom is 0.113 e. The SMILES string of the molecule is Cc1cc(C(O)c2ccc(I)c(Cl)c2)sc1Cl. The number of rotatable bonds is 2. The van der Waals surface area contributed by atoms with Crippen LogP contribution in [0.4, 0.5) is 0 Å². The average molecular weight is 399 g/mol. The molecule has 0 saturated heterocycles. The van der Waals surface area contributed by atoms with Crippen LogP contribution in [0.2, 0.25) is 9.36 Å². The fourth-order valence-electron chi connectivity index (χ4n) is 1.47. The van der Waals surface area contributed by atoms with Crippen LogP contribution in [0.15, 0.2) is 24.3 Å². The van der Waals surface area contributed by atoms with Gasteiger partial charge in [-0.2, -0.15) is 0 Å². The molecule has 2 aromatic rings. The highest BCUT2D eigenvalue weighted by atomic mass is 127. The molecule has 0 bridgehead atoms. The quantitative estimate of drug-likeness (QED) is 0.701. The molecule has 1 nitrogen and oxygen atoms in total. The highest BCUT2D eigenvalue weighted by Crippen LogP contribution is 2.35. The summed E-state index contributed by atoms with van der Waals surface area (Å²) >= 11 is 15.6. The molecular formula is C12H9Cl2IOS. The summed E-state index contributed by atoms with van der Waals surface area (Å²) < 4.78 is 1.69. The van der Waals surface area contributed by atoms with E-state index in [1.54, 1.807) is 6.07 Å². The van der Waals surface area contributed by atoms with Crippen molar-refractivity contribution in [1.29, 1.82) is 0 Å². The molecule has 1 unspecified atom stereocenters. The van der Waals surface area contributed by atoms with Gasteiger partial charge in [0.25, 0.3) is 0 Å². The molecule has 2 rings (SSSR count). The van der Waals surface area contributed by atoms with Crippen molar-refractivity contribution in [3.05, 3.63) is 53.2 Å². The average Bonchev–Trinajstić information content (AvgIpc) is 2.62. The van der Waals surface area contributed by atoms with Gasteiger partial charge in [0, 0.05) is 8.45 Å². The topological polar surface area (TPSA) is 20.2 Å². The number of halogens is 3. The van der Waals surface area contributed by atoms with E-state index < -0.39 is 6.10 Å². The first-order valence-electron chi connectivity index (χ1n) is 4.88. The second-order valence-electron chi connectivity index (χ2n) is 3.68. The lowest BCUT2D eigenvalue weighted by Gasteiger charge is -2.09. The molecule has 1 heterocycles. The minimum absolute atomic E-state index is 0.654. The summed E-state index contributed by atoms with van der Waals surface area (Å²) in [7, 11) is 0. The van der Waals surface area contributed by atoms with Gasteiger partial charge < -0.3 is 5.11 Å². The van der Waals surface area contributed by atoms with Crippen molar-refractivity contribution < 1.29 is 5.11 Å². The molecule has 0 spiro atoms. The Morgan fingerprint density at radius 1 is 1.29 bits per heavy atom. The standard InChI is InChI=1S/C12H9Cl2IOS/c1-6-4-10(17-12(6)14)11(16)7-2-3-9(15)8(13)5-7/h2-5,11,16H,1H3. The van der Waals surface area contributed by atoms with Gasteiger partial charge in [-0.3, -0.25) is 0 Å². The van der Waals surface area contributed by atoms with Crippen LogP contribution in [0, 0.1) is 10.5 Å². The Morgan fingerprint density at radius 3 is 2.53 bits per heavy atom. The van der Waals surface area contributed by atoms with Gasteiger partial charge in [0.15, 0.2) is 0 Å². The maximum absolute atomic E-state index is 10.2. The smallest absolute Gasteiger partial charge is 0.113 e. The van der Waals surface area contributed by atoms with E-state index in [1.165, 1.54) is 11.3 Å². The molecule has 0 fully saturated rings. The lowest BCUT2D eigenvalue weighted by molar-refractivity contribution is 0.224. The first-order valence-corrected chi connectivity index (χ1v) is 7.53. The molecular weight excluding hydrogens is 390 g/mol. The zero-order valence-corrected chi connectivity index (χ0v) is 13.4. The zero-order chi connectivity index (χ0) is 12.6. The summed E-state index contributed by atoms with van der Waals surface area (Å²) in [5, 5.41) is 10.9. The first-order chi connectivity index (χ1) is 7.99. The Morgan fingerprint density at radius 2 is 2.00 bits per heavy atom. The van der Waals surface area contributed by atoms with Crippen LogP contribution in [0.5, 0.6) is 0 Å². The minimum atomic E-state index is -0.666. The second kappa shape index (κ2) is 5.45. The van der Waals surface area contributed by atoms with E-state index in [2.05, 4.69) is 22.6 Å². The van der Waals surface area contributed by atoms with E-state index in [0.717, 1.165) is 23.9 Å². The largest absolute Gasteiger partial charge is 0.383 e. The number of aryl methyl sites for hydroxylation is 1. The van der Waals surface area contributed by atoms with Gasteiger partial charge in [-0.1, -0.05) is 29.3 Å². The summed E-state index contributed by atoms with van der Waals surface area (Å²) in [5.41, 5.74) is 1.77. The van der Waals surface area contributed by atoms with Crippen molar-refractivity contribution in [3.8, 4) is 0 Å². The van der Waals surface area contributed by atoms with Gasteiger partial charge in [0.1, 0.15) is 6.10 Å². The molecule has 1 aromatic heterocycles. The van der Waals surface area contributed by atoms with Gasteiger partial charge in [0.05, 0.1) is 9.36 Å². The van der Waals surface area contributed by atoms with Gasteiger partial charge in [-0.05, 0) is 58.8 Å². The van der Waals surface area contributed by atoms with E-state index >= 15 is 0 Å². The molecule has 0 saturated carbocycles. The fraction of sp³-hybridized carbons (Fsp3) is 0.167. The number of aliphatic hydroxyl groups is 1. The predicted molar refractivity (Wildman–Crippen MR) is 82.3 cm³/mol. The summed E-state index contributed by atoms with van der Waals surface area (Å²) in [4.78, 5) is 0.838. The summed E-state index contributed by atoms with van der Waals surface area (Å²) in [6.07, 6.45) is -0.666. The molecule has 17 heavy (non-hydrogen) atoms. The monoisotopic (exact) mass is 398 g/mol. The number of hydrogen-bond acceptors (Lipinski definition) is 2. The van der Waals surface area contributed by atoms with Crippen LogP contribution in [0.25, 0.3) is 0 Å². The number of benzene rings is 1. The highest BCUT2D eigenvalue weighted by molar-refractivity contribution is 14.1. The van der Waals surface area contributed by atoms with Crippen molar-refractivity contribution in [2.45, 2.75) is 13.0 Å². The highest BCUT2D eigenvalue weighted by Gasteiger charge is 2.15. The van der Waals surface area contributed by atoms with E-state index in [1.807, 2.05) is 25.1 Å². The molecule has 1 N–H and O–H groups in total. The Kier molecular flexibility index (Phi) is 4.36. The molecule has 5 heteroatoms. The Bertz CT molecular complexity index is 534. The molecule has 0 aliphatic heterocycles. The van der Waals surface area contributed by atoms with E-state index in [0.29, 0.717) is 5.02 Å². The maximum atomic E-state index is 10.2.